The van der Waals surface area contributed by atoms with Crippen molar-refractivity contribution in [2.45, 2.75) is 45.3 Å². The number of halogens is 3. The van der Waals surface area contributed by atoms with Gasteiger partial charge in [-0.15, -0.1) is 0 Å². The van der Waals surface area contributed by atoms with Gasteiger partial charge in [-0.2, -0.15) is 5.10 Å². The fourth-order valence-electron chi connectivity index (χ4n) is 6.10. The van der Waals surface area contributed by atoms with Crippen LogP contribution in [0.4, 0.5) is 13.2 Å². The lowest BCUT2D eigenvalue weighted by molar-refractivity contribution is 0.0548. The normalized spacial score (nSPS) is 15.8. The Kier molecular flexibility index (Phi) is 6.46. The fourth-order valence-corrected chi connectivity index (χ4v) is 6.10. The number of aromatic nitrogens is 4. The zero-order chi connectivity index (χ0) is 28.3. The number of hydrogen-bond acceptors (Lipinski definition) is 4. The van der Waals surface area contributed by atoms with Crippen LogP contribution in [0.15, 0.2) is 48.8 Å². The molecule has 3 aromatic heterocycles. The van der Waals surface area contributed by atoms with E-state index in [4.69, 9.17) is 9.72 Å². The van der Waals surface area contributed by atoms with Crippen molar-refractivity contribution in [1.29, 1.82) is 0 Å². The molecule has 1 N–H and O–H groups in total. The molecule has 1 fully saturated rings. The molecule has 0 bridgehead atoms. The maximum absolute atomic E-state index is 15.9. The van der Waals surface area contributed by atoms with Gasteiger partial charge in [0.1, 0.15) is 17.5 Å². The van der Waals surface area contributed by atoms with Gasteiger partial charge in [0, 0.05) is 43.7 Å². The minimum absolute atomic E-state index is 0.0801. The van der Waals surface area contributed by atoms with Gasteiger partial charge in [0.05, 0.1) is 45.5 Å². The van der Waals surface area contributed by atoms with Crippen molar-refractivity contribution in [2.75, 3.05) is 13.2 Å². The molecule has 1 aliphatic rings. The van der Waals surface area contributed by atoms with Crippen LogP contribution in [-0.4, -0.2) is 37.7 Å². The van der Waals surface area contributed by atoms with E-state index in [0.29, 0.717) is 53.7 Å². The van der Waals surface area contributed by atoms with E-state index in [2.05, 4.69) is 5.10 Å². The largest absolute Gasteiger partial charge is 0.386 e. The average molecular weight is 549 g/mol. The van der Waals surface area contributed by atoms with Crippen LogP contribution in [0, 0.1) is 30.3 Å². The number of nitrogens with zero attached hydrogens (tertiary/aromatic N) is 4. The summed E-state index contributed by atoms with van der Waals surface area (Å²) in [5, 5.41) is 15.5. The minimum Gasteiger partial charge on any atom is -0.386 e. The Morgan fingerprint density at radius 1 is 1.00 bits per heavy atom. The van der Waals surface area contributed by atoms with Gasteiger partial charge in [-0.25, -0.2) is 13.2 Å². The lowest BCUT2D eigenvalue weighted by Gasteiger charge is -2.33. The average Bonchev–Trinajstić information content (AvgIpc) is 3.41. The van der Waals surface area contributed by atoms with E-state index in [0.717, 1.165) is 22.9 Å². The van der Waals surface area contributed by atoms with E-state index in [1.165, 1.54) is 18.2 Å². The third kappa shape index (κ3) is 4.37. The smallest absolute Gasteiger partial charge is 0.135 e. The Bertz CT molecular complexity index is 1730. The highest BCUT2D eigenvalue weighted by Gasteiger charge is 2.33. The Morgan fingerprint density at radius 2 is 1.75 bits per heavy atom. The molecule has 1 unspecified atom stereocenters. The molecule has 5 aromatic rings. The molecule has 0 saturated carbocycles. The third-order valence-corrected chi connectivity index (χ3v) is 8.07. The topological polar surface area (TPSA) is 65.1 Å². The molecule has 1 atom stereocenters. The van der Waals surface area contributed by atoms with Crippen molar-refractivity contribution in [1.82, 2.24) is 19.3 Å². The number of rotatable bonds is 5. The molecule has 6 rings (SSSR count). The maximum Gasteiger partial charge on any atom is 0.135 e. The Hall–Kier alpha value is -3.69. The van der Waals surface area contributed by atoms with E-state index in [-0.39, 0.29) is 11.3 Å². The van der Waals surface area contributed by atoms with Gasteiger partial charge < -0.3 is 14.4 Å². The van der Waals surface area contributed by atoms with Crippen LogP contribution >= 0.6 is 0 Å². The first-order valence-corrected chi connectivity index (χ1v) is 13.4. The Labute approximate surface area is 230 Å². The summed E-state index contributed by atoms with van der Waals surface area (Å²) in [5.41, 5.74) is 3.49. The van der Waals surface area contributed by atoms with Crippen LogP contribution in [0.1, 0.15) is 49.4 Å². The van der Waals surface area contributed by atoms with Crippen LogP contribution in [0.25, 0.3) is 33.2 Å². The van der Waals surface area contributed by atoms with E-state index >= 15 is 8.78 Å². The first-order chi connectivity index (χ1) is 19.0. The van der Waals surface area contributed by atoms with Crippen molar-refractivity contribution in [3.63, 3.8) is 0 Å². The van der Waals surface area contributed by atoms with Gasteiger partial charge in [0.15, 0.2) is 0 Å². The highest BCUT2D eigenvalue weighted by molar-refractivity contribution is 6.07. The zero-order valence-corrected chi connectivity index (χ0v) is 22.9. The summed E-state index contributed by atoms with van der Waals surface area (Å²) in [7, 11) is 1.84. The number of fused-ring (bicyclic) bond motifs is 3. The van der Waals surface area contributed by atoms with Gasteiger partial charge >= 0.3 is 0 Å². The second-order valence-corrected chi connectivity index (χ2v) is 11.2. The van der Waals surface area contributed by atoms with Gasteiger partial charge in [0.2, 0.25) is 0 Å². The summed E-state index contributed by atoms with van der Waals surface area (Å²) in [6.07, 6.45) is 4.75. The second kappa shape index (κ2) is 9.74. The number of aliphatic hydroxyl groups is 1. The first kappa shape index (κ1) is 26.5. The zero-order valence-electron chi connectivity index (χ0n) is 22.9. The van der Waals surface area contributed by atoms with E-state index in [1.54, 1.807) is 37.0 Å². The molecule has 40 heavy (non-hydrogen) atoms. The SMILES string of the molecule is Cc1cnn(C)c1-c1cnc2c3c(F)cc(C(C)(C)O)cc3n(C(c3ccc(F)cc3F)C3CCOCC3)c2c1. The number of benzene rings is 2. The van der Waals surface area contributed by atoms with Crippen molar-refractivity contribution in [2.24, 2.45) is 13.0 Å². The third-order valence-electron chi connectivity index (χ3n) is 8.07. The number of pyridine rings is 1. The Morgan fingerprint density at radius 3 is 2.40 bits per heavy atom. The minimum atomic E-state index is -1.32. The molecule has 2 aromatic carbocycles. The predicted molar refractivity (Wildman–Crippen MR) is 147 cm³/mol. The molecular formula is C31H31F3N4O2. The molecule has 0 spiro atoms. The molecule has 1 saturated heterocycles. The number of aryl methyl sites for hydroxylation is 2. The summed E-state index contributed by atoms with van der Waals surface area (Å²) >= 11 is 0. The van der Waals surface area contributed by atoms with Crippen LogP contribution in [-0.2, 0) is 17.4 Å². The summed E-state index contributed by atoms with van der Waals surface area (Å²) in [6.45, 7) is 6.15. The molecule has 0 radical (unpaired) electrons. The van der Waals surface area contributed by atoms with Crippen molar-refractivity contribution in [3.8, 4) is 11.3 Å². The van der Waals surface area contributed by atoms with Gasteiger partial charge in [0.25, 0.3) is 0 Å². The molecule has 208 valence electrons. The van der Waals surface area contributed by atoms with Crippen LogP contribution in [0.3, 0.4) is 0 Å². The predicted octanol–water partition coefficient (Wildman–Crippen LogP) is 6.56. The molecule has 0 aliphatic carbocycles. The summed E-state index contributed by atoms with van der Waals surface area (Å²) < 4.78 is 54.9. The first-order valence-electron chi connectivity index (χ1n) is 13.4. The van der Waals surface area contributed by atoms with Crippen LogP contribution in [0.5, 0.6) is 0 Å². The standard InChI is InChI=1S/C31H31F3N4O2/c1-17-15-36-37(4)29(17)19-11-26-28(35-16-19)27-24(34)12-20(31(2,3)39)13-25(27)38(26)30(18-7-9-40-10-8-18)22-6-5-21(32)14-23(22)33/h5-6,11-16,18,30,39H,7-10H2,1-4H3. The van der Waals surface area contributed by atoms with E-state index < -0.39 is 29.1 Å². The van der Waals surface area contributed by atoms with Crippen molar-refractivity contribution in [3.05, 3.63) is 82.9 Å². The van der Waals surface area contributed by atoms with Gasteiger partial charge in [-0.3, -0.25) is 9.67 Å². The molecule has 4 heterocycles. The summed E-state index contributed by atoms with van der Waals surface area (Å²) in [5.74, 6) is -1.94. The molecule has 0 amide bonds. The van der Waals surface area contributed by atoms with Crippen LogP contribution < -0.4 is 0 Å². The van der Waals surface area contributed by atoms with E-state index in [1.807, 2.05) is 24.6 Å². The lowest BCUT2D eigenvalue weighted by atomic mass is 9.86. The van der Waals surface area contributed by atoms with Gasteiger partial charge in [-0.05, 0) is 74.9 Å². The quantitative estimate of drug-likeness (QED) is 0.270. The summed E-state index contributed by atoms with van der Waals surface area (Å²) in [4.78, 5) is 4.74. The number of hydrogen-bond donors (Lipinski definition) is 1. The maximum atomic E-state index is 15.9. The fraction of sp³-hybridized carbons (Fsp3) is 0.355. The summed E-state index contributed by atoms with van der Waals surface area (Å²) in [6, 6.07) is 8.03. The molecule has 1 aliphatic heterocycles. The highest BCUT2D eigenvalue weighted by Crippen LogP contribution is 2.43. The van der Waals surface area contributed by atoms with Crippen molar-refractivity contribution < 1.29 is 23.0 Å². The monoisotopic (exact) mass is 548 g/mol. The second-order valence-electron chi connectivity index (χ2n) is 11.2. The highest BCUT2D eigenvalue weighted by atomic mass is 19.1. The Balaban J connectivity index is 1.74. The number of ether oxygens (including phenoxy) is 1. The van der Waals surface area contributed by atoms with Crippen LogP contribution in [0.2, 0.25) is 0 Å². The molecular weight excluding hydrogens is 517 g/mol. The lowest BCUT2D eigenvalue weighted by Crippen LogP contribution is -2.27. The van der Waals surface area contributed by atoms with Gasteiger partial charge in [-0.1, -0.05) is 6.07 Å². The molecule has 9 heteroatoms. The van der Waals surface area contributed by atoms with Crippen molar-refractivity contribution >= 4 is 21.9 Å². The molecule has 6 nitrogen and oxygen atoms in total. The van der Waals surface area contributed by atoms with E-state index in [9.17, 15) is 9.50 Å².